The van der Waals surface area contributed by atoms with Crippen LogP contribution in [0.2, 0.25) is 0 Å². The minimum atomic E-state index is -0.757. The van der Waals surface area contributed by atoms with Crippen molar-refractivity contribution in [3.63, 3.8) is 0 Å². The van der Waals surface area contributed by atoms with Crippen molar-refractivity contribution in [3.8, 4) is 0 Å². The second-order valence-electron chi connectivity index (χ2n) is 5.52. The second-order valence-corrected chi connectivity index (χ2v) is 5.52. The van der Waals surface area contributed by atoms with E-state index in [1.54, 1.807) is 0 Å². The number of carboxylic acid groups (broad SMARTS) is 1. The van der Waals surface area contributed by atoms with Gasteiger partial charge in [-0.3, -0.25) is 9.69 Å². The average molecular weight is 281 g/mol. The predicted molar refractivity (Wildman–Crippen MR) is 82.2 cm³/mol. The molecular formula is C18H19NO2. The fourth-order valence-corrected chi connectivity index (χ4v) is 3.14. The van der Waals surface area contributed by atoms with E-state index < -0.39 is 5.97 Å². The van der Waals surface area contributed by atoms with Crippen LogP contribution in [0.25, 0.3) is 0 Å². The molecule has 0 radical (unpaired) electrons. The summed E-state index contributed by atoms with van der Waals surface area (Å²) in [6.45, 7) is 0.909. The van der Waals surface area contributed by atoms with Crippen LogP contribution in [0, 0.1) is 0 Å². The predicted octanol–water partition coefficient (Wildman–Crippen LogP) is 2.91. The zero-order chi connectivity index (χ0) is 14.7. The molecule has 2 aromatic carbocycles. The molecule has 1 atom stereocenters. The van der Waals surface area contributed by atoms with Crippen LogP contribution in [-0.2, 0) is 17.6 Å². The molecule has 1 aliphatic heterocycles. The number of carboxylic acids is 1. The normalized spacial score (nSPS) is 18.2. The van der Waals surface area contributed by atoms with Gasteiger partial charge in [-0.05, 0) is 29.5 Å². The Kier molecular flexibility index (Phi) is 4.02. The zero-order valence-electron chi connectivity index (χ0n) is 11.9. The van der Waals surface area contributed by atoms with Gasteiger partial charge in [0, 0.05) is 12.6 Å². The Morgan fingerprint density at radius 3 is 2.57 bits per heavy atom. The molecule has 0 fully saturated rings. The molecule has 21 heavy (non-hydrogen) atoms. The van der Waals surface area contributed by atoms with E-state index >= 15 is 0 Å². The maximum absolute atomic E-state index is 11.1. The SMILES string of the molecule is O=C(O)CN1CCc2ccccc2C1Cc1ccccc1. The number of aliphatic carboxylic acids is 1. The van der Waals surface area contributed by atoms with Crippen LogP contribution in [0.4, 0.5) is 0 Å². The van der Waals surface area contributed by atoms with Crippen LogP contribution in [0.1, 0.15) is 22.7 Å². The third-order valence-corrected chi connectivity index (χ3v) is 4.13. The first kappa shape index (κ1) is 13.8. The number of hydrogen-bond donors (Lipinski definition) is 1. The van der Waals surface area contributed by atoms with Gasteiger partial charge in [-0.15, -0.1) is 0 Å². The Morgan fingerprint density at radius 2 is 1.81 bits per heavy atom. The van der Waals surface area contributed by atoms with Gasteiger partial charge in [0.05, 0.1) is 6.54 Å². The summed E-state index contributed by atoms with van der Waals surface area (Å²) in [5, 5.41) is 9.16. The molecule has 0 saturated heterocycles. The fourth-order valence-electron chi connectivity index (χ4n) is 3.14. The molecule has 0 aromatic heterocycles. The molecule has 3 heteroatoms. The topological polar surface area (TPSA) is 40.5 Å². The van der Waals surface area contributed by atoms with E-state index in [0.717, 1.165) is 19.4 Å². The molecule has 1 heterocycles. The fraction of sp³-hybridized carbons (Fsp3) is 0.278. The van der Waals surface area contributed by atoms with Crippen LogP contribution in [0.15, 0.2) is 54.6 Å². The number of benzene rings is 2. The van der Waals surface area contributed by atoms with E-state index in [0.29, 0.717) is 0 Å². The van der Waals surface area contributed by atoms with Gasteiger partial charge in [0.1, 0.15) is 0 Å². The van der Waals surface area contributed by atoms with Gasteiger partial charge >= 0.3 is 5.97 Å². The maximum Gasteiger partial charge on any atom is 0.317 e. The van der Waals surface area contributed by atoms with Crippen molar-refractivity contribution < 1.29 is 9.90 Å². The first-order valence-corrected chi connectivity index (χ1v) is 7.31. The molecular weight excluding hydrogens is 262 g/mol. The summed E-state index contributed by atoms with van der Waals surface area (Å²) in [5.74, 6) is -0.757. The van der Waals surface area contributed by atoms with Crippen molar-refractivity contribution in [2.24, 2.45) is 0 Å². The van der Waals surface area contributed by atoms with Gasteiger partial charge in [0.2, 0.25) is 0 Å². The standard InChI is InChI=1S/C18H19NO2/c20-18(21)13-19-11-10-15-8-4-5-9-16(15)17(19)12-14-6-2-1-3-7-14/h1-9,17H,10-13H2,(H,20,21). The Bertz CT molecular complexity index is 624. The molecule has 2 aromatic rings. The van der Waals surface area contributed by atoms with Gasteiger partial charge in [-0.25, -0.2) is 0 Å². The molecule has 3 rings (SSSR count). The zero-order valence-corrected chi connectivity index (χ0v) is 11.9. The van der Waals surface area contributed by atoms with Crippen LogP contribution < -0.4 is 0 Å². The molecule has 0 bridgehead atoms. The first-order valence-electron chi connectivity index (χ1n) is 7.31. The van der Waals surface area contributed by atoms with E-state index in [9.17, 15) is 4.79 Å². The van der Waals surface area contributed by atoms with E-state index in [1.165, 1.54) is 16.7 Å². The van der Waals surface area contributed by atoms with Crippen LogP contribution in [0.3, 0.4) is 0 Å². The Hall–Kier alpha value is -2.13. The third kappa shape index (κ3) is 3.14. The monoisotopic (exact) mass is 281 g/mol. The van der Waals surface area contributed by atoms with E-state index in [-0.39, 0.29) is 12.6 Å². The van der Waals surface area contributed by atoms with Crippen molar-refractivity contribution in [2.75, 3.05) is 13.1 Å². The summed E-state index contributed by atoms with van der Waals surface area (Å²) in [6.07, 6.45) is 1.78. The quantitative estimate of drug-likeness (QED) is 0.936. The van der Waals surface area contributed by atoms with Gasteiger partial charge in [0.25, 0.3) is 0 Å². The molecule has 1 N–H and O–H groups in total. The molecule has 0 aliphatic carbocycles. The lowest BCUT2D eigenvalue weighted by molar-refractivity contribution is -0.139. The summed E-state index contributed by atoms with van der Waals surface area (Å²) in [4.78, 5) is 13.2. The lowest BCUT2D eigenvalue weighted by atomic mass is 9.89. The lowest BCUT2D eigenvalue weighted by Crippen LogP contribution is -2.39. The highest BCUT2D eigenvalue weighted by Gasteiger charge is 2.28. The highest BCUT2D eigenvalue weighted by Crippen LogP contribution is 2.32. The van der Waals surface area contributed by atoms with Crippen molar-refractivity contribution in [2.45, 2.75) is 18.9 Å². The van der Waals surface area contributed by atoms with Crippen molar-refractivity contribution in [1.82, 2.24) is 4.90 Å². The Labute approximate surface area is 124 Å². The second kappa shape index (κ2) is 6.10. The van der Waals surface area contributed by atoms with Crippen molar-refractivity contribution in [3.05, 3.63) is 71.3 Å². The van der Waals surface area contributed by atoms with Gasteiger partial charge in [0.15, 0.2) is 0 Å². The number of fused-ring (bicyclic) bond motifs is 1. The third-order valence-electron chi connectivity index (χ3n) is 4.13. The maximum atomic E-state index is 11.1. The molecule has 0 spiro atoms. The van der Waals surface area contributed by atoms with Gasteiger partial charge < -0.3 is 5.11 Å². The van der Waals surface area contributed by atoms with Crippen LogP contribution in [-0.4, -0.2) is 29.1 Å². The summed E-state index contributed by atoms with van der Waals surface area (Å²) < 4.78 is 0. The van der Waals surface area contributed by atoms with E-state index in [4.69, 9.17) is 5.11 Å². The lowest BCUT2D eigenvalue weighted by Gasteiger charge is -2.36. The summed E-state index contributed by atoms with van der Waals surface area (Å²) in [7, 11) is 0. The number of rotatable bonds is 4. The molecule has 0 saturated carbocycles. The van der Waals surface area contributed by atoms with Crippen molar-refractivity contribution in [1.29, 1.82) is 0 Å². The van der Waals surface area contributed by atoms with E-state index in [2.05, 4.69) is 35.2 Å². The molecule has 0 amide bonds. The van der Waals surface area contributed by atoms with Gasteiger partial charge in [-0.2, -0.15) is 0 Å². The minimum absolute atomic E-state index is 0.103. The van der Waals surface area contributed by atoms with Gasteiger partial charge in [-0.1, -0.05) is 54.6 Å². The van der Waals surface area contributed by atoms with Crippen molar-refractivity contribution >= 4 is 5.97 Å². The number of nitrogens with zero attached hydrogens (tertiary/aromatic N) is 1. The van der Waals surface area contributed by atoms with Crippen LogP contribution in [0.5, 0.6) is 0 Å². The average Bonchev–Trinajstić information content (AvgIpc) is 2.50. The number of hydrogen-bond acceptors (Lipinski definition) is 2. The highest BCUT2D eigenvalue weighted by molar-refractivity contribution is 5.69. The first-order chi connectivity index (χ1) is 10.2. The van der Waals surface area contributed by atoms with Crippen LogP contribution >= 0.6 is 0 Å². The summed E-state index contributed by atoms with van der Waals surface area (Å²) >= 11 is 0. The molecule has 1 unspecified atom stereocenters. The smallest absolute Gasteiger partial charge is 0.317 e. The minimum Gasteiger partial charge on any atom is -0.480 e. The number of carbonyl (C=O) groups is 1. The Balaban J connectivity index is 1.92. The molecule has 3 nitrogen and oxygen atoms in total. The largest absolute Gasteiger partial charge is 0.480 e. The highest BCUT2D eigenvalue weighted by atomic mass is 16.4. The van der Waals surface area contributed by atoms with E-state index in [1.807, 2.05) is 24.3 Å². The molecule has 1 aliphatic rings. The Morgan fingerprint density at radius 1 is 1.10 bits per heavy atom. The summed E-state index contributed by atoms with van der Waals surface area (Å²) in [6, 6.07) is 18.8. The molecule has 108 valence electrons. The summed E-state index contributed by atoms with van der Waals surface area (Å²) in [5.41, 5.74) is 3.86.